The molecule has 32 heavy (non-hydrogen) atoms. The van der Waals surface area contributed by atoms with Crippen LogP contribution in [0.4, 0.5) is 5.69 Å². The lowest BCUT2D eigenvalue weighted by molar-refractivity contribution is -0.0621. The third-order valence-corrected chi connectivity index (χ3v) is 9.44. The van der Waals surface area contributed by atoms with Gasteiger partial charge in [-0.05, 0) is 67.9 Å². The first-order valence-corrected chi connectivity index (χ1v) is 13.5. The Morgan fingerprint density at radius 2 is 1.78 bits per heavy atom. The first kappa shape index (κ1) is 20.5. The van der Waals surface area contributed by atoms with Crippen LogP contribution < -0.4 is 5.73 Å². The maximum Gasteiger partial charge on any atom is 0.350 e. The molecule has 4 aliphatic rings. The summed E-state index contributed by atoms with van der Waals surface area (Å²) in [5, 5.41) is 1.42. The van der Waals surface area contributed by atoms with Gasteiger partial charge in [-0.1, -0.05) is 42.1 Å². The van der Waals surface area contributed by atoms with Gasteiger partial charge in [0.1, 0.15) is 9.71 Å². The van der Waals surface area contributed by atoms with Gasteiger partial charge in [0.25, 0.3) is 0 Å². The van der Waals surface area contributed by atoms with Crippen molar-refractivity contribution in [1.29, 1.82) is 0 Å². The van der Waals surface area contributed by atoms with E-state index in [2.05, 4.69) is 4.98 Å². The Morgan fingerprint density at radius 3 is 2.44 bits per heavy atom. The Kier molecular flexibility index (Phi) is 5.14. The van der Waals surface area contributed by atoms with Crippen molar-refractivity contribution in [3.05, 3.63) is 35.2 Å². The van der Waals surface area contributed by atoms with E-state index in [1.54, 1.807) is 0 Å². The van der Waals surface area contributed by atoms with Crippen LogP contribution in [-0.4, -0.2) is 28.8 Å². The Labute approximate surface area is 196 Å². The van der Waals surface area contributed by atoms with Crippen molar-refractivity contribution in [1.82, 2.24) is 9.97 Å². The first-order valence-electron chi connectivity index (χ1n) is 11.5. The van der Waals surface area contributed by atoms with E-state index in [-0.39, 0.29) is 5.97 Å². The van der Waals surface area contributed by atoms with E-state index in [1.165, 1.54) is 55.2 Å². The summed E-state index contributed by atoms with van der Waals surface area (Å²) >= 11 is 2.81. The molecule has 0 atom stereocenters. The predicted octanol–water partition coefficient (Wildman–Crippen LogP) is 5.89. The number of thioether (sulfide) groups is 1. The maximum absolute atomic E-state index is 13.1. The molecular formula is C25H27N3O2S2. The average molecular weight is 466 g/mol. The normalized spacial score (nSPS) is 28.3. The summed E-state index contributed by atoms with van der Waals surface area (Å²) in [6, 6.07) is 9.94. The number of rotatable bonds is 5. The lowest BCUT2D eigenvalue weighted by Gasteiger charge is -2.54. The molecule has 7 rings (SSSR count). The minimum Gasteiger partial charge on any atom is -0.461 e. The molecule has 0 aliphatic heterocycles. The van der Waals surface area contributed by atoms with Crippen LogP contribution in [-0.2, 0) is 4.74 Å². The summed E-state index contributed by atoms with van der Waals surface area (Å²) in [4.78, 5) is 23.7. The molecule has 5 nitrogen and oxygen atoms in total. The van der Waals surface area contributed by atoms with E-state index < -0.39 is 0 Å². The fourth-order valence-corrected chi connectivity index (χ4v) is 8.01. The predicted molar refractivity (Wildman–Crippen MR) is 130 cm³/mol. The molecule has 3 aromatic rings. The quantitative estimate of drug-likeness (QED) is 0.287. The van der Waals surface area contributed by atoms with E-state index in [9.17, 15) is 4.79 Å². The maximum atomic E-state index is 13.1. The molecule has 2 heterocycles. The van der Waals surface area contributed by atoms with Gasteiger partial charge in [-0.2, -0.15) is 0 Å². The summed E-state index contributed by atoms with van der Waals surface area (Å²) in [6.07, 6.45) is 8.69. The second-order valence-corrected chi connectivity index (χ2v) is 11.4. The third-order valence-electron chi connectivity index (χ3n) is 7.81. The number of thiophene rings is 1. The second-order valence-electron chi connectivity index (χ2n) is 9.64. The molecule has 0 saturated heterocycles. The standard InChI is InChI=1S/C25H27N3O2S2/c1-31-25-27-21(15-5-3-2-4-6-15)19-20(26)22(32-23(19)28-25)24(29)30-12-18-16-8-13-7-14(10-16)11-17(18)9-13/h2-6,13-14,16-18H,7-12,26H2,1H3. The molecule has 4 aliphatic carbocycles. The minimum absolute atomic E-state index is 0.316. The Hall–Kier alpha value is -2.12. The number of nitrogens with two attached hydrogens (primary N) is 1. The van der Waals surface area contributed by atoms with Gasteiger partial charge in [0.2, 0.25) is 0 Å². The highest BCUT2D eigenvalue weighted by atomic mass is 32.2. The topological polar surface area (TPSA) is 78.1 Å². The number of fused-ring (bicyclic) bond motifs is 1. The third kappa shape index (κ3) is 3.41. The van der Waals surface area contributed by atoms with Crippen molar-refractivity contribution in [3.63, 3.8) is 0 Å². The lowest BCUT2D eigenvalue weighted by Crippen LogP contribution is -2.46. The molecule has 7 heteroatoms. The highest BCUT2D eigenvalue weighted by Gasteiger charge is 2.48. The van der Waals surface area contributed by atoms with E-state index in [0.717, 1.165) is 45.1 Å². The molecule has 0 amide bonds. The zero-order valence-corrected chi connectivity index (χ0v) is 19.8. The zero-order valence-electron chi connectivity index (χ0n) is 18.1. The number of hydrogen-bond acceptors (Lipinski definition) is 7. The van der Waals surface area contributed by atoms with E-state index >= 15 is 0 Å². The van der Waals surface area contributed by atoms with Crippen molar-refractivity contribution in [2.45, 2.75) is 37.3 Å². The van der Waals surface area contributed by atoms with Crippen LogP contribution >= 0.6 is 23.1 Å². The molecule has 1 aromatic carbocycles. The summed E-state index contributed by atoms with van der Waals surface area (Å²) in [7, 11) is 0. The summed E-state index contributed by atoms with van der Waals surface area (Å²) in [5.74, 6) is 3.51. The molecule has 0 radical (unpaired) electrons. The van der Waals surface area contributed by atoms with Gasteiger partial charge < -0.3 is 10.5 Å². The smallest absolute Gasteiger partial charge is 0.350 e. The Bertz CT molecular complexity index is 1150. The van der Waals surface area contributed by atoms with Crippen molar-refractivity contribution >= 4 is 45.0 Å². The highest BCUT2D eigenvalue weighted by molar-refractivity contribution is 7.98. The number of benzene rings is 1. The van der Waals surface area contributed by atoms with Crippen molar-refractivity contribution < 1.29 is 9.53 Å². The molecule has 4 fully saturated rings. The number of nitrogen functional groups attached to an aromatic ring is 1. The first-order chi connectivity index (χ1) is 15.6. The zero-order chi connectivity index (χ0) is 21.8. The van der Waals surface area contributed by atoms with Gasteiger partial charge in [0.15, 0.2) is 5.16 Å². The molecule has 0 unspecified atom stereocenters. The van der Waals surface area contributed by atoms with E-state index in [0.29, 0.717) is 28.2 Å². The molecule has 0 spiro atoms. The van der Waals surface area contributed by atoms with Crippen LogP contribution in [0.15, 0.2) is 35.5 Å². The number of aromatic nitrogens is 2. The number of carbonyl (C=O) groups is 1. The number of nitrogens with zero attached hydrogens (tertiary/aromatic N) is 2. The Balaban J connectivity index is 1.29. The van der Waals surface area contributed by atoms with E-state index in [4.69, 9.17) is 15.5 Å². The fourth-order valence-electron chi connectivity index (χ4n) is 6.60. The number of esters is 1. The van der Waals surface area contributed by atoms with Crippen LogP contribution in [0, 0.1) is 29.6 Å². The van der Waals surface area contributed by atoms with Crippen LogP contribution in [0.3, 0.4) is 0 Å². The van der Waals surface area contributed by atoms with Gasteiger partial charge in [-0.3, -0.25) is 0 Å². The van der Waals surface area contributed by atoms with Crippen LogP contribution in [0.5, 0.6) is 0 Å². The van der Waals surface area contributed by atoms with Gasteiger partial charge in [0.05, 0.1) is 23.4 Å². The lowest BCUT2D eigenvalue weighted by atomic mass is 9.52. The Morgan fingerprint density at radius 1 is 1.09 bits per heavy atom. The van der Waals surface area contributed by atoms with Crippen molar-refractivity contribution in [2.24, 2.45) is 29.6 Å². The highest BCUT2D eigenvalue weighted by Crippen LogP contribution is 2.56. The van der Waals surface area contributed by atoms with Crippen molar-refractivity contribution in [3.8, 4) is 11.3 Å². The molecule has 2 N–H and O–H groups in total. The number of ether oxygens (including phenoxy) is 1. The molecule has 2 aromatic heterocycles. The monoisotopic (exact) mass is 465 g/mol. The molecular weight excluding hydrogens is 438 g/mol. The minimum atomic E-state index is -0.316. The fraction of sp³-hybridized carbons (Fsp3) is 0.480. The summed E-state index contributed by atoms with van der Waals surface area (Å²) < 4.78 is 5.90. The van der Waals surface area contributed by atoms with Gasteiger partial charge in [-0.25, -0.2) is 14.8 Å². The van der Waals surface area contributed by atoms with Crippen LogP contribution in [0.2, 0.25) is 0 Å². The SMILES string of the molecule is CSc1nc(-c2ccccc2)c2c(N)c(C(=O)OCC3C4CC5CC(C4)CC3C5)sc2n1. The summed E-state index contributed by atoms with van der Waals surface area (Å²) in [5.41, 5.74) is 8.69. The van der Waals surface area contributed by atoms with E-state index in [1.807, 2.05) is 36.6 Å². The summed E-state index contributed by atoms with van der Waals surface area (Å²) in [6.45, 7) is 0.522. The molecule has 166 valence electrons. The largest absolute Gasteiger partial charge is 0.461 e. The average Bonchev–Trinajstić information content (AvgIpc) is 3.14. The van der Waals surface area contributed by atoms with Crippen LogP contribution in [0.1, 0.15) is 41.8 Å². The second kappa shape index (κ2) is 8.03. The molecule has 4 saturated carbocycles. The van der Waals surface area contributed by atoms with Crippen LogP contribution in [0.25, 0.3) is 21.5 Å². The number of anilines is 1. The van der Waals surface area contributed by atoms with Gasteiger partial charge >= 0.3 is 5.97 Å². The molecule has 4 bridgehead atoms. The number of hydrogen-bond donors (Lipinski definition) is 1. The number of carbonyl (C=O) groups excluding carboxylic acids is 1. The van der Waals surface area contributed by atoms with Gasteiger partial charge in [-0.15, -0.1) is 11.3 Å². The van der Waals surface area contributed by atoms with Crippen molar-refractivity contribution in [2.75, 3.05) is 18.6 Å². The van der Waals surface area contributed by atoms with Gasteiger partial charge in [0, 0.05) is 5.56 Å².